The van der Waals surface area contributed by atoms with Gasteiger partial charge in [0.2, 0.25) is 0 Å². The first-order valence-electron chi connectivity index (χ1n) is 8.99. The van der Waals surface area contributed by atoms with Gasteiger partial charge in [0.1, 0.15) is 5.78 Å². The minimum absolute atomic E-state index is 0.381. The molecule has 21 heavy (non-hydrogen) atoms. The van der Waals surface area contributed by atoms with Crippen molar-refractivity contribution >= 4 is 5.78 Å². The summed E-state index contributed by atoms with van der Waals surface area (Å²) < 4.78 is 0. The molecule has 2 aliphatic heterocycles. The SMILES string of the molecule is CC.CC.CN1CCC(C(=O)C2CC3(C2)CN(C)C3)CC1. The quantitative estimate of drug-likeness (QED) is 0.781. The van der Waals surface area contributed by atoms with Crippen molar-refractivity contribution in [1.29, 1.82) is 0 Å². The Hall–Kier alpha value is -0.410. The van der Waals surface area contributed by atoms with Crippen LogP contribution in [-0.2, 0) is 4.79 Å². The van der Waals surface area contributed by atoms with Gasteiger partial charge in [-0.05, 0) is 58.3 Å². The molecule has 0 aromatic heterocycles. The second-order valence-corrected chi connectivity index (χ2v) is 6.76. The molecule has 0 aromatic carbocycles. The first kappa shape index (κ1) is 18.6. The van der Waals surface area contributed by atoms with Crippen molar-refractivity contribution in [3.63, 3.8) is 0 Å². The maximum Gasteiger partial charge on any atom is 0.139 e. The summed E-state index contributed by atoms with van der Waals surface area (Å²) in [5.74, 6) is 1.39. The van der Waals surface area contributed by atoms with Gasteiger partial charge in [-0.15, -0.1) is 0 Å². The highest BCUT2D eigenvalue weighted by atomic mass is 16.1. The zero-order valence-corrected chi connectivity index (χ0v) is 15.1. The van der Waals surface area contributed by atoms with E-state index >= 15 is 0 Å². The van der Waals surface area contributed by atoms with E-state index in [1.54, 1.807) is 0 Å². The van der Waals surface area contributed by atoms with E-state index in [4.69, 9.17) is 0 Å². The van der Waals surface area contributed by atoms with E-state index in [2.05, 4.69) is 23.9 Å². The highest BCUT2D eigenvalue weighted by Gasteiger charge is 2.53. The lowest BCUT2D eigenvalue weighted by atomic mass is 9.55. The number of Topliss-reactive ketones (excluding diaryl/α,β-unsaturated/α-hetero) is 1. The molecule has 2 heterocycles. The van der Waals surface area contributed by atoms with Gasteiger partial charge in [-0.2, -0.15) is 0 Å². The number of ketones is 1. The van der Waals surface area contributed by atoms with E-state index in [0.717, 1.165) is 25.9 Å². The second-order valence-electron chi connectivity index (χ2n) is 6.76. The van der Waals surface area contributed by atoms with E-state index in [-0.39, 0.29) is 0 Å². The summed E-state index contributed by atoms with van der Waals surface area (Å²) in [4.78, 5) is 17.1. The summed E-state index contributed by atoms with van der Waals surface area (Å²) in [5, 5.41) is 0. The van der Waals surface area contributed by atoms with Gasteiger partial charge in [0.25, 0.3) is 0 Å². The smallest absolute Gasteiger partial charge is 0.139 e. The molecule has 3 rings (SSSR count). The third-order valence-corrected chi connectivity index (χ3v) is 5.09. The van der Waals surface area contributed by atoms with Crippen LogP contribution in [0.5, 0.6) is 0 Å². The van der Waals surface area contributed by atoms with Crippen molar-refractivity contribution in [3.8, 4) is 0 Å². The number of hydrogen-bond acceptors (Lipinski definition) is 3. The first-order valence-corrected chi connectivity index (χ1v) is 8.99. The molecular formula is C18H36N2O. The molecule has 3 heteroatoms. The van der Waals surface area contributed by atoms with Gasteiger partial charge in [0.15, 0.2) is 0 Å². The lowest BCUT2D eigenvalue weighted by Crippen LogP contribution is -2.62. The fourth-order valence-corrected chi connectivity index (χ4v) is 4.17. The molecule has 1 saturated carbocycles. The molecule has 0 amide bonds. The molecule has 0 bridgehead atoms. The predicted octanol–water partition coefficient (Wildman–Crippen LogP) is 3.29. The molecule has 0 radical (unpaired) electrons. The van der Waals surface area contributed by atoms with Crippen LogP contribution in [0.3, 0.4) is 0 Å². The van der Waals surface area contributed by atoms with E-state index in [1.165, 1.54) is 25.9 Å². The van der Waals surface area contributed by atoms with Crippen molar-refractivity contribution < 1.29 is 4.79 Å². The summed E-state index contributed by atoms with van der Waals surface area (Å²) in [6.45, 7) is 12.7. The van der Waals surface area contributed by atoms with Gasteiger partial charge in [-0.3, -0.25) is 4.79 Å². The standard InChI is InChI=1S/C14H24N2O.2C2H6/c1-15-5-3-11(4-6-15)13(17)12-7-14(8-12)9-16(2)10-14;2*1-2/h11-12H,3-10H2,1-2H3;2*1-2H3. The highest BCUT2D eigenvalue weighted by Crippen LogP contribution is 2.52. The van der Waals surface area contributed by atoms with Gasteiger partial charge >= 0.3 is 0 Å². The number of carbonyl (C=O) groups is 1. The number of piperidine rings is 1. The Morgan fingerprint density at radius 2 is 1.33 bits per heavy atom. The monoisotopic (exact) mass is 296 g/mol. The highest BCUT2D eigenvalue weighted by molar-refractivity contribution is 5.84. The van der Waals surface area contributed by atoms with Crippen LogP contribution in [0.15, 0.2) is 0 Å². The number of carbonyl (C=O) groups excluding carboxylic acids is 1. The summed E-state index contributed by atoms with van der Waals surface area (Å²) >= 11 is 0. The van der Waals surface area contributed by atoms with Gasteiger partial charge in [-0.1, -0.05) is 27.7 Å². The number of likely N-dealkylation sites (tertiary alicyclic amines) is 2. The summed E-state index contributed by atoms with van der Waals surface area (Å²) in [7, 11) is 4.33. The third kappa shape index (κ3) is 4.29. The van der Waals surface area contributed by atoms with Crippen LogP contribution in [-0.4, -0.2) is 55.9 Å². The minimum Gasteiger partial charge on any atom is -0.306 e. The summed E-state index contributed by atoms with van der Waals surface area (Å²) in [6, 6.07) is 0. The van der Waals surface area contributed by atoms with E-state index in [9.17, 15) is 4.79 Å². The molecule has 3 nitrogen and oxygen atoms in total. The Kier molecular flexibility index (Phi) is 7.35. The van der Waals surface area contributed by atoms with Crippen molar-refractivity contribution in [2.24, 2.45) is 17.3 Å². The molecule has 0 atom stereocenters. The molecule has 0 unspecified atom stereocenters. The van der Waals surface area contributed by atoms with Crippen LogP contribution in [0.25, 0.3) is 0 Å². The van der Waals surface area contributed by atoms with E-state index in [1.807, 2.05) is 27.7 Å². The number of hydrogen-bond donors (Lipinski definition) is 0. The van der Waals surface area contributed by atoms with Gasteiger partial charge in [0, 0.05) is 24.9 Å². The molecule has 124 valence electrons. The Morgan fingerprint density at radius 3 is 1.76 bits per heavy atom. The number of nitrogens with zero attached hydrogens (tertiary/aromatic N) is 2. The molecular weight excluding hydrogens is 260 g/mol. The zero-order valence-electron chi connectivity index (χ0n) is 15.1. The molecule has 1 aliphatic carbocycles. The summed E-state index contributed by atoms with van der Waals surface area (Å²) in [6.07, 6.45) is 4.56. The molecule has 1 spiro atoms. The Labute approximate surface area is 132 Å². The fraction of sp³-hybridized carbons (Fsp3) is 0.944. The van der Waals surface area contributed by atoms with Crippen molar-refractivity contribution in [2.75, 3.05) is 40.3 Å². The average molecular weight is 296 g/mol. The van der Waals surface area contributed by atoms with Crippen molar-refractivity contribution in [1.82, 2.24) is 9.80 Å². The van der Waals surface area contributed by atoms with Crippen LogP contribution in [0, 0.1) is 17.3 Å². The largest absolute Gasteiger partial charge is 0.306 e. The van der Waals surface area contributed by atoms with E-state index in [0.29, 0.717) is 23.0 Å². The van der Waals surface area contributed by atoms with Gasteiger partial charge in [-0.25, -0.2) is 0 Å². The maximum absolute atomic E-state index is 12.4. The maximum atomic E-state index is 12.4. The fourth-order valence-electron chi connectivity index (χ4n) is 4.17. The van der Waals surface area contributed by atoms with Crippen molar-refractivity contribution in [2.45, 2.75) is 53.4 Å². The molecule has 3 aliphatic rings. The third-order valence-electron chi connectivity index (χ3n) is 5.09. The average Bonchev–Trinajstić information content (AvgIpc) is 2.46. The molecule has 0 aromatic rings. The molecule has 2 saturated heterocycles. The van der Waals surface area contributed by atoms with Gasteiger partial charge < -0.3 is 9.80 Å². The number of rotatable bonds is 2. The lowest BCUT2D eigenvalue weighted by Gasteiger charge is -2.58. The summed E-state index contributed by atoms with van der Waals surface area (Å²) in [5.41, 5.74) is 0.556. The van der Waals surface area contributed by atoms with Crippen LogP contribution in [0.2, 0.25) is 0 Å². The minimum atomic E-state index is 0.381. The van der Waals surface area contributed by atoms with Crippen LogP contribution in [0.1, 0.15) is 53.4 Å². The van der Waals surface area contributed by atoms with Crippen LogP contribution < -0.4 is 0 Å². The van der Waals surface area contributed by atoms with Crippen LogP contribution >= 0.6 is 0 Å². The van der Waals surface area contributed by atoms with Crippen LogP contribution in [0.4, 0.5) is 0 Å². The van der Waals surface area contributed by atoms with Gasteiger partial charge in [0.05, 0.1) is 0 Å². The van der Waals surface area contributed by atoms with E-state index < -0.39 is 0 Å². The lowest BCUT2D eigenvalue weighted by molar-refractivity contribution is -0.145. The Morgan fingerprint density at radius 1 is 0.857 bits per heavy atom. The molecule has 0 N–H and O–H groups in total. The topological polar surface area (TPSA) is 23.6 Å². The normalized spacial score (nSPS) is 25.8. The zero-order chi connectivity index (χ0) is 16.0. The predicted molar refractivity (Wildman–Crippen MR) is 90.6 cm³/mol. The Balaban J connectivity index is 0.000000510. The second kappa shape index (κ2) is 8.28. The van der Waals surface area contributed by atoms with Crippen molar-refractivity contribution in [3.05, 3.63) is 0 Å². The first-order chi connectivity index (χ1) is 10.1. The molecule has 3 fully saturated rings. The Bertz CT molecular complexity index is 307.